The molecule has 0 radical (unpaired) electrons. The van der Waals surface area contributed by atoms with Gasteiger partial charge in [-0.15, -0.1) is 4.91 Å². The van der Waals surface area contributed by atoms with Crippen LogP contribution in [0.1, 0.15) is 17.9 Å². The first-order valence-electron chi connectivity index (χ1n) is 4.29. The van der Waals surface area contributed by atoms with Crippen LogP contribution in [-0.4, -0.2) is 17.0 Å². The summed E-state index contributed by atoms with van der Waals surface area (Å²) in [5.41, 5.74) is 0.488. The Balaban J connectivity index is 2.89. The van der Waals surface area contributed by atoms with Gasteiger partial charge < -0.3 is 5.11 Å². The number of benzene rings is 1. The van der Waals surface area contributed by atoms with Crippen LogP contribution in [0, 0.1) is 4.91 Å². The molecule has 0 fully saturated rings. The number of nitroso groups, excluding NO2 is 1. The topological polar surface area (TPSA) is 83.8 Å². The highest BCUT2D eigenvalue weighted by atomic mass is 16.4. The first kappa shape index (κ1) is 11.0. The summed E-state index contributed by atoms with van der Waals surface area (Å²) in [5.74, 6) is -3.10. The van der Waals surface area contributed by atoms with Crippen molar-refractivity contribution in [2.45, 2.75) is 12.3 Å². The quantitative estimate of drug-likeness (QED) is 0.759. The van der Waals surface area contributed by atoms with Gasteiger partial charge in [0.15, 0.2) is 0 Å². The maximum atomic E-state index is 10.9. The Kier molecular flexibility index (Phi) is 3.68. The Hall–Kier alpha value is -2.04. The van der Waals surface area contributed by atoms with Crippen LogP contribution in [0.2, 0.25) is 0 Å². The Morgan fingerprint density at radius 3 is 2.33 bits per heavy atom. The van der Waals surface area contributed by atoms with Crippen LogP contribution in [-0.2, 0) is 9.59 Å². The lowest BCUT2D eigenvalue weighted by molar-refractivity contribution is -0.140. The molecular weight excluding hydrogens is 198 g/mol. The van der Waals surface area contributed by atoms with Gasteiger partial charge in [-0.1, -0.05) is 30.3 Å². The SMILES string of the molecule is O=NC(=O)C[C@@H](C(=O)O)c1ccccc1. The normalized spacial score (nSPS) is 11.7. The van der Waals surface area contributed by atoms with Crippen LogP contribution in [0.4, 0.5) is 0 Å². The fourth-order valence-electron chi connectivity index (χ4n) is 1.24. The van der Waals surface area contributed by atoms with E-state index >= 15 is 0 Å². The molecule has 0 unspecified atom stereocenters. The van der Waals surface area contributed by atoms with Crippen LogP contribution in [0.5, 0.6) is 0 Å². The molecule has 1 N–H and O–H groups in total. The summed E-state index contributed by atoms with van der Waals surface area (Å²) >= 11 is 0. The highest BCUT2D eigenvalue weighted by Gasteiger charge is 2.23. The molecule has 5 nitrogen and oxygen atoms in total. The van der Waals surface area contributed by atoms with Crippen LogP contribution >= 0.6 is 0 Å². The Bertz CT molecular complexity index is 374. The smallest absolute Gasteiger partial charge is 0.311 e. The van der Waals surface area contributed by atoms with Crippen molar-refractivity contribution < 1.29 is 14.7 Å². The third-order valence-corrected chi connectivity index (χ3v) is 1.98. The van der Waals surface area contributed by atoms with Crippen LogP contribution in [0.15, 0.2) is 35.5 Å². The second-order valence-electron chi connectivity index (χ2n) is 2.99. The molecule has 1 aromatic rings. The number of aliphatic carboxylic acids is 1. The predicted molar refractivity (Wildman–Crippen MR) is 52.2 cm³/mol. The number of hydrogen-bond acceptors (Lipinski definition) is 3. The van der Waals surface area contributed by atoms with E-state index in [-0.39, 0.29) is 0 Å². The molecule has 0 aliphatic carbocycles. The van der Waals surface area contributed by atoms with Crippen molar-refractivity contribution in [2.75, 3.05) is 0 Å². The van der Waals surface area contributed by atoms with E-state index in [0.717, 1.165) is 0 Å². The Morgan fingerprint density at radius 2 is 1.87 bits per heavy atom. The van der Waals surface area contributed by atoms with E-state index in [0.29, 0.717) is 5.56 Å². The number of rotatable bonds is 4. The number of carboxylic acid groups (broad SMARTS) is 1. The predicted octanol–water partition coefficient (Wildman–Crippen LogP) is 1.54. The molecule has 0 aromatic heterocycles. The van der Waals surface area contributed by atoms with Gasteiger partial charge in [-0.05, 0) is 5.56 Å². The summed E-state index contributed by atoms with van der Waals surface area (Å²) in [7, 11) is 0. The number of nitrogens with zero attached hydrogens (tertiary/aromatic N) is 1. The summed E-state index contributed by atoms with van der Waals surface area (Å²) < 4.78 is 0. The highest BCUT2D eigenvalue weighted by Crippen LogP contribution is 2.20. The molecule has 1 rings (SSSR count). The molecule has 0 bridgehead atoms. The van der Waals surface area contributed by atoms with Crippen molar-refractivity contribution >= 4 is 11.9 Å². The third-order valence-electron chi connectivity index (χ3n) is 1.98. The molecule has 78 valence electrons. The van der Waals surface area contributed by atoms with Gasteiger partial charge >= 0.3 is 5.97 Å². The minimum atomic E-state index is -1.14. The van der Waals surface area contributed by atoms with E-state index in [2.05, 4.69) is 5.18 Å². The lowest BCUT2D eigenvalue weighted by Gasteiger charge is -2.09. The molecule has 0 aliphatic heterocycles. The van der Waals surface area contributed by atoms with Crippen LogP contribution < -0.4 is 0 Å². The average molecular weight is 207 g/mol. The van der Waals surface area contributed by atoms with Crippen molar-refractivity contribution in [1.82, 2.24) is 0 Å². The summed E-state index contributed by atoms with van der Waals surface area (Å²) in [6.45, 7) is 0. The molecule has 0 heterocycles. The number of hydrogen-bond donors (Lipinski definition) is 1. The van der Waals surface area contributed by atoms with E-state index in [1.807, 2.05) is 0 Å². The van der Waals surface area contributed by atoms with Crippen LogP contribution in [0.25, 0.3) is 0 Å². The Labute approximate surface area is 85.7 Å². The average Bonchev–Trinajstić information content (AvgIpc) is 2.26. The maximum absolute atomic E-state index is 10.9. The zero-order valence-corrected chi connectivity index (χ0v) is 7.79. The minimum Gasteiger partial charge on any atom is -0.481 e. The van der Waals surface area contributed by atoms with Gasteiger partial charge in [-0.25, -0.2) is 0 Å². The molecule has 0 saturated carbocycles. The molecule has 1 atom stereocenters. The summed E-state index contributed by atoms with van der Waals surface area (Å²) in [6, 6.07) is 8.27. The van der Waals surface area contributed by atoms with Crippen LogP contribution in [0.3, 0.4) is 0 Å². The number of carbonyl (C=O) groups excluding carboxylic acids is 1. The van der Waals surface area contributed by atoms with E-state index in [1.54, 1.807) is 30.3 Å². The second-order valence-corrected chi connectivity index (χ2v) is 2.99. The first-order valence-corrected chi connectivity index (χ1v) is 4.29. The van der Waals surface area contributed by atoms with Crippen molar-refractivity contribution in [3.63, 3.8) is 0 Å². The van der Waals surface area contributed by atoms with Gasteiger partial charge in [-0.3, -0.25) is 9.59 Å². The fourth-order valence-corrected chi connectivity index (χ4v) is 1.24. The number of carbonyl (C=O) groups is 2. The van der Waals surface area contributed by atoms with E-state index in [9.17, 15) is 14.5 Å². The van der Waals surface area contributed by atoms with Gasteiger partial charge in [0.2, 0.25) is 0 Å². The molecule has 1 aromatic carbocycles. The van der Waals surface area contributed by atoms with E-state index in [4.69, 9.17) is 5.11 Å². The van der Waals surface area contributed by atoms with E-state index in [1.165, 1.54) is 0 Å². The minimum absolute atomic E-state index is 0.400. The maximum Gasteiger partial charge on any atom is 0.311 e. The molecule has 15 heavy (non-hydrogen) atoms. The fraction of sp³-hybridized carbons (Fsp3) is 0.200. The third kappa shape index (κ3) is 2.98. The molecule has 5 heteroatoms. The molecule has 1 amide bonds. The van der Waals surface area contributed by atoms with Gasteiger partial charge in [0, 0.05) is 11.6 Å². The monoisotopic (exact) mass is 207 g/mol. The zero-order valence-electron chi connectivity index (χ0n) is 7.79. The first-order chi connectivity index (χ1) is 7.15. The molecule has 0 spiro atoms. The highest BCUT2D eigenvalue weighted by molar-refractivity contribution is 5.85. The van der Waals surface area contributed by atoms with Crippen molar-refractivity contribution in [1.29, 1.82) is 0 Å². The lowest BCUT2D eigenvalue weighted by Crippen LogP contribution is -2.14. The van der Waals surface area contributed by atoms with Crippen molar-refractivity contribution in [2.24, 2.45) is 5.18 Å². The summed E-state index contributed by atoms with van der Waals surface area (Å²) in [6.07, 6.45) is -0.400. The van der Waals surface area contributed by atoms with Crippen molar-refractivity contribution in [3.05, 3.63) is 40.8 Å². The summed E-state index contributed by atoms with van der Waals surface area (Å²) in [4.78, 5) is 31.5. The molecule has 0 aliphatic rings. The molecular formula is C10H9NO4. The van der Waals surface area contributed by atoms with Gasteiger partial charge in [0.25, 0.3) is 5.91 Å². The standard InChI is InChI=1S/C10H9NO4/c12-9(11-15)6-8(10(13)14)7-4-2-1-3-5-7/h1-5,8H,6H2,(H,13,14)/t8-/m1/s1. The van der Waals surface area contributed by atoms with E-state index < -0.39 is 24.2 Å². The number of carboxylic acids is 1. The molecule has 0 saturated heterocycles. The van der Waals surface area contributed by atoms with Gasteiger partial charge in [-0.2, -0.15) is 0 Å². The largest absolute Gasteiger partial charge is 0.481 e. The zero-order chi connectivity index (χ0) is 11.3. The summed E-state index contributed by atoms with van der Waals surface area (Å²) in [5, 5.41) is 11.1. The van der Waals surface area contributed by atoms with Gasteiger partial charge in [0.1, 0.15) is 0 Å². The second kappa shape index (κ2) is 4.99. The number of amides is 1. The Morgan fingerprint density at radius 1 is 1.27 bits per heavy atom. The lowest BCUT2D eigenvalue weighted by atomic mass is 9.96. The van der Waals surface area contributed by atoms with Crippen molar-refractivity contribution in [3.8, 4) is 0 Å². The van der Waals surface area contributed by atoms with Gasteiger partial charge in [0.05, 0.1) is 5.92 Å².